The van der Waals surface area contributed by atoms with Crippen LogP contribution in [0.1, 0.15) is 50.2 Å². The van der Waals surface area contributed by atoms with Gasteiger partial charge in [-0.25, -0.2) is 0 Å². The van der Waals surface area contributed by atoms with Crippen LogP contribution in [0, 0.1) is 5.92 Å². The zero-order valence-electron chi connectivity index (χ0n) is 10.8. The number of rotatable bonds is 2. The Labute approximate surface area is 107 Å². The molecule has 0 radical (unpaired) electrons. The van der Waals surface area contributed by atoms with Gasteiger partial charge in [0.1, 0.15) is 0 Å². The lowest BCUT2D eigenvalue weighted by Crippen LogP contribution is -2.30. The quantitative estimate of drug-likeness (QED) is 0.880. The SMILES string of the molecule is CC(C)(C)c1nnsc1C(N)C1CCCOC1. The van der Waals surface area contributed by atoms with Gasteiger partial charge in [-0.3, -0.25) is 0 Å². The molecule has 2 atom stereocenters. The van der Waals surface area contributed by atoms with E-state index < -0.39 is 0 Å². The minimum absolute atomic E-state index is 0.00940. The zero-order chi connectivity index (χ0) is 12.5. The highest BCUT2D eigenvalue weighted by atomic mass is 32.1. The van der Waals surface area contributed by atoms with Crippen molar-refractivity contribution in [2.75, 3.05) is 13.2 Å². The third kappa shape index (κ3) is 2.84. The Balaban J connectivity index is 2.18. The van der Waals surface area contributed by atoms with Gasteiger partial charge in [-0.1, -0.05) is 25.3 Å². The molecular weight excluding hydrogens is 234 g/mol. The summed E-state index contributed by atoms with van der Waals surface area (Å²) >= 11 is 1.44. The molecule has 1 aromatic heterocycles. The number of hydrogen-bond donors (Lipinski definition) is 1. The Bertz CT molecular complexity index is 366. The van der Waals surface area contributed by atoms with E-state index in [0.29, 0.717) is 5.92 Å². The molecule has 1 aromatic rings. The van der Waals surface area contributed by atoms with E-state index in [2.05, 4.69) is 30.4 Å². The maximum Gasteiger partial charge on any atom is 0.0857 e. The van der Waals surface area contributed by atoms with Crippen LogP contribution >= 0.6 is 11.5 Å². The molecule has 2 heterocycles. The molecule has 0 saturated carbocycles. The van der Waals surface area contributed by atoms with E-state index in [0.717, 1.165) is 36.6 Å². The van der Waals surface area contributed by atoms with Crippen LogP contribution in [0.15, 0.2) is 0 Å². The molecule has 2 N–H and O–H groups in total. The number of ether oxygens (including phenoxy) is 1. The summed E-state index contributed by atoms with van der Waals surface area (Å²) in [4.78, 5) is 1.13. The van der Waals surface area contributed by atoms with Crippen molar-refractivity contribution in [3.05, 3.63) is 10.6 Å². The Morgan fingerprint density at radius 3 is 2.82 bits per heavy atom. The fourth-order valence-electron chi connectivity index (χ4n) is 2.20. The van der Waals surface area contributed by atoms with Gasteiger partial charge in [-0.05, 0) is 24.4 Å². The van der Waals surface area contributed by atoms with E-state index >= 15 is 0 Å². The monoisotopic (exact) mass is 255 g/mol. The molecule has 4 nitrogen and oxygen atoms in total. The number of aromatic nitrogens is 2. The lowest BCUT2D eigenvalue weighted by atomic mass is 9.86. The first-order chi connectivity index (χ1) is 8.00. The molecule has 2 rings (SSSR count). The smallest absolute Gasteiger partial charge is 0.0857 e. The molecule has 96 valence electrons. The second kappa shape index (κ2) is 5.00. The highest BCUT2D eigenvalue weighted by Crippen LogP contribution is 2.34. The summed E-state index contributed by atoms with van der Waals surface area (Å²) in [5.74, 6) is 0.409. The molecule has 0 bridgehead atoms. The summed E-state index contributed by atoms with van der Waals surface area (Å²) in [6.07, 6.45) is 2.25. The fraction of sp³-hybridized carbons (Fsp3) is 0.833. The third-order valence-electron chi connectivity index (χ3n) is 3.23. The Morgan fingerprint density at radius 2 is 2.24 bits per heavy atom. The van der Waals surface area contributed by atoms with Crippen LogP contribution in [-0.2, 0) is 10.2 Å². The van der Waals surface area contributed by atoms with Crippen molar-refractivity contribution in [3.63, 3.8) is 0 Å². The third-order valence-corrected chi connectivity index (χ3v) is 4.06. The molecule has 1 aliphatic rings. The van der Waals surface area contributed by atoms with Gasteiger partial charge in [0.2, 0.25) is 0 Å². The van der Waals surface area contributed by atoms with Crippen molar-refractivity contribution >= 4 is 11.5 Å². The Kier molecular flexibility index (Phi) is 3.80. The van der Waals surface area contributed by atoms with E-state index in [1.54, 1.807) is 0 Å². The van der Waals surface area contributed by atoms with Crippen molar-refractivity contribution in [2.45, 2.75) is 45.1 Å². The van der Waals surface area contributed by atoms with E-state index in [4.69, 9.17) is 10.5 Å². The van der Waals surface area contributed by atoms with Crippen LogP contribution in [0.5, 0.6) is 0 Å². The second-order valence-electron chi connectivity index (χ2n) is 5.74. The van der Waals surface area contributed by atoms with Gasteiger partial charge in [0.05, 0.1) is 17.2 Å². The normalized spacial score (nSPS) is 23.6. The fourth-order valence-corrected chi connectivity index (χ4v) is 3.16. The van der Waals surface area contributed by atoms with Crippen molar-refractivity contribution < 1.29 is 4.74 Å². The average Bonchev–Trinajstić information content (AvgIpc) is 2.78. The molecule has 1 fully saturated rings. The molecular formula is C12H21N3OS. The van der Waals surface area contributed by atoms with Crippen molar-refractivity contribution in [2.24, 2.45) is 11.7 Å². The van der Waals surface area contributed by atoms with Gasteiger partial charge in [0, 0.05) is 24.0 Å². The van der Waals surface area contributed by atoms with Crippen molar-refractivity contribution in [1.82, 2.24) is 9.59 Å². The first-order valence-electron chi connectivity index (χ1n) is 6.16. The topological polar surface area (TPSA) is 61.0 Å². The molecule has 0 aliphatic carbocycles. The van der Waals surface area contributed by atoms with Crippen LogP contribution in [0.4, 0.5) is 0 Å². The maximum atomic E-state index is 6.36. The molecule has 0 amide bonds. The van der Waals surface area contributed by atoms with Crippen molar-refractivity contribution in [3.8, 4) is 0 Å². The van der Waals surface area contributed by atoms with Gasteiger partial charge in [0.25, 0.3) is 0 Å². The molecule has 5 heteroatoms. The highest BCUT2D eigenvalue weighted by molar-refractivity contribution is 7.05. The van der Waals surface area contributed by atoms with Gasteiger partial charge < -0.3 is 10.5 Å². The summed E-state index contributed by atoms with van der Waals surface area (Å²) in [5, 5.41) is 4.25. The summed E-state index contributed by atoms with van der Waals surface area (Å²) in [5.41, 5.74) is 7.41. The van der Waals surface area contributed by atoms with E-state index in [9.17, 15) is 0 Å². The molecule has 0 spiro atoms. The molecule has 0 aromatic carbocycles. The van der Waals surface area contributed by atoms with Gasteiger partial charge in [0.15, 0.2) is 0 Å². The minimum atomic E-state index is 0.00940. The van der Waals surface area contributed by atoms with E-state index in [-0.39, 0.29) is 11.5 Å². The van der Waals surface area contributed by atoms with Gasteiger partial charge in [-0.15, -0.1) is 5.10 Å². The van der Waals surface area contributed by atoms with E-state index in [1.165, 1.54) is 11.5 Å². The lowest BCUT2D eigenvalue weighted by Gasteiger charge is -2.28. The van der Waals surface area contributed by atoms with Crippen LogP contribution in [0.2, 0.25) is 0 Å². The molecule has 17 heavy (non-hydrogen) atoms. The second-order valence-corrected chi connectivity index (χ2v) is 6.52. The number of nitrogens with two attached hydrogens (primary N) is 1. The predicted molar refractivity (Wildman–Crippen MR) is 69.1 cm³/mol. The summed E-state index contributed by atoms with van der Waals surface area (Å²) in [6.45, 7) is 8.09. The first-order valence-corrected chi connectivity index (χ1v) is 6.93. The predicted octanol–water partition coefficient (Wildman–Crippen LogP) is 2.26. The standard InChI is InChI=1S/C12H21N3OS/c1-12(2,3)11-10(17-15-14-11)9(13)8-5-4-6-16-7-8/h8-9H,4-7,13H2,1-3H3. The maximum absolute atomic E-state index is 6.36. The van der Waals surface area contributed by atoms with Gasteiger partial charge >= 0.3 is 0 Å². The summed E-state index contributed by atoms with van der Waals surface area (Å²) in [6, 6.07) is 0.0181. The van der Waals surface area contributed by atoms with Crippen LogP contribution in [0.3, 0.4) is 0 Å². The average molecular weight is 255 g/mol. The largest absolute Gasteiger partial charge is 0.381 e. The van der Waals surface area contributed by atoms with Gasteiger partial charge in [-0.2, -0.15) is 0 Å². The number of nitrogens with zero attached hydrogens (tertiary/aromatic N) is 2. The summed E-state index contributed by atoms with van der Waals surface area (Å²) < 4.78 is 9.59. The minimum Gasteiger partial charge on any atom is -0.381 e. The van der Waals surface area contributed by atoms with Crippen LogP contribution in [-0.4, -0.2) is 22.8 Å². The van der Waals surface area contributed by atoms with E-state index in [1.807, 2.05) is 0 Å². The lowest BCUT2D eigenvalue weighted by molar-refractivity contribution is 0.0450. The first kappa shape index (κ1) is 12.9. The summed E-state index contributed by atoms with van der Waals surface area (Å²) in [7, 11) is 0. The molecule has 1 aliphatic heterocycles. The number of hydrogen-bond acceptors (Lipinski definition) is 5. The molecule has 1 saturated heterocycles. The highest BCUT2D eigenvalue weighted by Gasteiger charge is 2.30. The Morgan fingerprint density at radius 1 is 1.47 bits per heavy atom. The Hall–Kier alpha value is -0.520. The molecule has 2 unspecified atom stereocenters. The zero-order valence-corrected chi connectivity index (χ0v) is 11.6. The van der Waals surface area contributed by atoms with Crippen LogP contribution < -0.4 is 5.73 Å². The van der Waals surface area contributed by atoms with Crippen LogP contribution in [0.25, 0.3) is 0 Å². The van der Waals surface area contributed by atoms with Crippen molar-refractivity contribution in [1.29, 1.82) is 0 Å².